The van der Waals surface area contributed by atoms with Gasteiger partial charge in [-0.1, -0.05) is 142 Å². The van der Waals surface area contributed by atoms with Gasteiger partial charge in [-0.2, -0.15) is 0 Å². The molecule has 1 unspecified atom stereocenters. The molecule has 1 aliphatic rings. The lowest BCUT2D eigenvalue weighted by molar-refractivity contribution is -0.204. The summed E-state index contributed by atoms with van der Waals surface area (Å²) in [6.45, 7) is 7.98. The Morgan fingerprint density at radius 2 is 1.19 bits per heavy atom. The first kappa shape index (κ1) is 62.5. The fourth-order valence-electron chi connectivity index (χ4n) is 8.10. The summed E-state index contributed by atoms with van der Waals surface area (Å²) in [6.07, 6.45) is 19.8. The minimum atomic E-state index is -1.54. The highest BCUT2D eigenvalue weighted by atomic mass is 32.1. The molecule has 1 fully saturated rings. The van der Waals surface area contributed by atoms with Crippen molar-refractivity contribution in [3.05, 3.63) is 0 Å². The first-order valence-corrected chi connectivity index (χ1v) is 26.3. The summed E-state index contributed by atoms with van der Waals surface area (Å²) < 4.78 is 27.9. The molecule has 0 spiro atoms. The van der Waals surface area contributed by atoms with Crippen molar-refractivity contribution in [1.82, 2.24) is 16.0 Å². The number of hydrogen-bond acceptors (Lipinski definition) is 14. The maximum atomic E-state index is 13.3. The number of nitrogens with two attached hydrogens (primary N) is 1. The summed E-state index contributed by atoms with van der Waals surface area (Å²) in [5.41, 5.74) is 4.32. The van der Waals surface area contributed by atoms with Crippen LogP contribution in [0.2, 0.25) is 0 Å². The van der Waals surface area contributed by atoms with Crippen LogP contribution >= 0.6 is 12.6 Å². The zero-order valence-corrected chi connectivity index (χ0v) is 43.3. The monoisotopic (exact) mass is 987 g/mol. The van der Waals surface area contributed by atoms with Crippen LogP contribution in [0.1, 0.15) is 208 Å². The van der Waals surface area contributed by atoms with Crippen LogP contribution in [0, 0.1) is 0 Å². The Morgan fingerprint density at radius 1 is 0.676 bits per heavy atom. The van der Waals surface area contributed by atoms with Crippen molar-refractivity contribution in [3.63, 3.8) is 0 Å². The normalized spacial score (nSPS) is 19.7. The van der Waals surface area contributed by atoms with Gasteiger partial charge < -0.3 is 50.5 Å². The van der Waals surface area contributed by atoms with Crippen LogP contribution in [0.3, 0.4) is 0 Å². The summed E-state index contributed by atoms with van der Waals surface area (Å²) in [7, 11) is 1.18. The molecule has 0 aromatic heterocycles. The van der Waals surface area contributed by atoms with Crippen LogP contribution < -0.4 is 21.7 Å². The van der Waals surface area contributed by atoms with Gasteiger partial charge in [-0.15, -0.1) is 12.6 Å². The predicted molar refractivity (Wildman–Crippen MR) is 263 cm³/mol. The van der Waals surface area contributed by atoms with E-state index in [9.17, 15) is 38.7 Å². The molecule has 0 saturated carbocycles. The third-order valence-electron chi connectivity index (χ3n) is 12.3. The standard InChI is InChI=1S/C50H90N4O13S/c1-7-9-11-13-15-17-19-21-23-25-27-29-38(66-42(57)30-28-26-24-22-20-18-16-14-12-10-8-2)33-43(58)64-34-40-45(59)46(44(50(68)67-40)53-37(5)55)65-36(4)49(62)52-35(3)48(61)54-39(47(51)60)31-32-41(56)63-6/h35-36,38-40,44-46,50,59,68H,7-34H2,1-6H3,(H2,51,60)(H,52,62)(H,53,55)(H,54,61)/t35-,36?,38+,39+,40+,44+,45+,46-,50-/m0/s1. The Labute approximate surface area is 412 Å². The third kappa shape index (κ3) is 28.9. The number of carbonyl (C=O) groups is 7. The van der Waals surface area contributed by atoms with Crippen molar-refractivity contribution < 1.29 is 62.4 Å². The number of primary amides is 1. The van der Waals surface area contributed by atoms with Gasteiger partial charge in [0.2, 0.25) is 23.6 Å². The number of esters is 3. The number of aliphatic hydroxyl groups is 1. The molecular formula is C50H90N4O13S. The van der Waals surface area contributed by atoms with Gasteiger partial charge >= 0.3 is 17.9 Å². The molecule has 0 aromatic carbocycles. The van der Waals surface area contributed by atoms with E-state index in [1.807, 2.05) is 0 Å². The first-order chi connectivity index (χ1) is 32.5. The molecule has 394 valence electrons. The number of unbranched alkanes of at least 4 members (excludes halogenated alkanes) is 20. The zero-order chi connectivity index (χ0) is 50.7. The van der Waals surface area contributed by atoms with E-state index in [-0.39, 0.29) is 31.7 Å². The van der Waals surface area contributed by atoms with Gasteiger partial charge in [-0.3, -0.25) is 33.6 Å². The van der Waals surface area contributed by atoms with E-state index < -0.39 is 96.3 Å². The third-order valence-corrected chi connectivity index (χ3v) is 12.7. The van der Waals surface area contributed by atoms with E-state index in [4.69, 9.17) is 24.7 Å². The molecule has 0 aliphatic carbocycles. The highest BCUT2D eigenvalue weighted by molar-refractivity contribution is 7.80. The second kappa shape index (κ2) is 38.3. The van der Waals surface area contributed by atoms with Crippen LogP contribution in [0.5, 0.6) is 0 Å². The summed E-state index contributed by atoms with van der Waals surface area (Å²) in [4.78, 5) is 88.1. The number of methoxy groups -OCH3 is 1. The van der Waals surface area contributed by atoms with Crippen molar-refractivity contribution >= 4 is 54.2 Å². The lowest BCUT2D eigenvalue weighted by atomic mass is 9.97. The fourth-order valence-corrected chi connectivity index (χ4v) is 8.50. The lowest BCUT2D eigenvalue weighted by Crippen LogP contribution is -2.64. The summed E-state index contributed by atoms with van der Waals surface area (Å²) in [5.74, 6) is -4.52. The molecule has 68 heavy (non-hydrogen) atoms. The molecule has 18 heteroatoms. The van der Waals surface area contributed by atoms with Crippen LogP contribution in [-0.2, 0) is 57.2 Å². The van der Waals surface area contributed by atoms with Crippen molar-refractivity contribution in [1.29, 1.82) is 0 Å². The molecule has 1 aliphatic heterocycles. The van der Waals surface area contributed by atoms with E-state index in [1.165, 1.54) is 118 Å². The Hall–Kier alpha value is -3.48. The summed E-state index contributed by atoms with van der Waals surface area (Å²) in [5, 5.41) is 19.0. The summed E-state index contributed by atoms with van der Waals surface area (Å²) in [6, 6.07) is -3.45. The SMILES string of the molecule is CCCCCCCCCCCCCC(=O)O[C@H](CCCCCCCCCCCCC)CC(=O)OC[C@H]1O[C@@H](S)[C@H](NC(C)=O)[C@H](OC(C)C(=O)N[C@@H](C)C(=O)N[C@H](CCC(=O)OC)C(N)=O)[C@@H]1O. The quantitative estimate of drug-likeness (QED) is 0.0158. The second-order valence-corrected chi connectivity index (χ2v) is 19.0. The summed E-state index contributed by atoms with van der Waals surface area (Å²) >= 11 is 4.48. The van der Waals surface area contributed by atoms with Gasteiger partial charge in [0.1, 0.15) is 54.6 Å². The highest BCUT2D eigenvalue weighted by Crippen LogP contribution is 2.28. The number of ether oxygens (including phenoxy) is 5. The van der Waals surface area contributed by atoms with E-state index in [2.05, 4.69) is 47.2 Å². The van der Waals surface area contributed by atoms with E-state index in [0.29, 0.717) is 6.42 Å². The molecule has 0 bridgehead atoms. The van der Waals surface area contributed by atoms with Crippen LogP contribution in [0.4, 0.5) is 0 Å². The largest absolute Gasteiger partial charge is 0.469 e. The van der Waals surface area contributed by atoms with Crippen LogP contribution in [-0.4, -0.2) is 114 Å². The smallest absolute Gasteiger partial charge is 0.309 e. The maximum absolute atomic E-state index is 13.3. The topological polar surface area (TPSA) is 248 Å². The van der Waals surface area contributed by atoms with Crippen LogP contribution in [0.25, 0.3) is 0 Å². The predicted octanol–water partition coefficient (Wildman–Crippen LogP) is 6.96. The average Bonchev–Trinajstić information content (AvgIpc) is 3.29. The Kier molecular flexibility index (Phi) is 35.2. The van der Waals surface area contributed by atoms with E-state index >= 15 is 0 Å². The van der Waals surface area contributed by atoms with E-state index in [0.717, 1.165) is 51.4 Å². The fraction of sp³-hybridized carbons (Fsp3) is 0.860. The molecule has 9 atom stereocenters. The number of carbonyl (C=O) groups excluding carboxylic acids is 7. The number of aliphatic hydroxyl groups excluding tert-OH is 1. The van der Waals surface area contributed by atoms with Crippen molar-refractivity contribution in [3.8, 4) is 0 Å². The van der Waals surface area contributed by atoms with Crippen molar-refractivity contribution in [2.24, 2.45) is 5.73 Å². The highest BCUT2D eigenvalue weighted by Gasteiger charge is 2.47. The molecular weight excluding hydrogens is 897 g/mol. The molecule has 0 radical (unpaired) electrons. The lowest BCUT2D eigenvalue weighted by Gasteiger charge is -2.43. The minimum absolute atomic E-state index is 0.117. The molecule has 1 rings (SSSR count). The van der Waals surface area contributed by atoms with Gasteiger partial charge in [-0.25, -0.2) is 0 Å². The molecule has 1 heterocycles. The number of thiol groups is 1. The van der Waals surface area contributed by atoms with Gasteiger partial charge in [-0.05, 0) is 39.5 Å². The van der Waals surface area contributed by atoms with Gasteiger partial charge in [0.25, 0.3) is 0 Å². The van der Waals surface area contributed by atoms with Crippen LogP contribution in [0.15, 0.2) is 0 Å². The molecule has 4 amide bonds. The number of rotatable bonds is 40. The molecule has 17 nitrogen and oxygen atoms in total. The van der Waals surface area contributed by atoms with Gasteiger partial charge in [0.15, 0.2) is 0 Å². The minimum Gasteiger partial charge on any atom is -0.469 e. The number of hydrogen-bond donors (Lipinski definition) is 6. The molecule has 0 aromatic rings. The maximum Gasteiger partial charge on any atom is 0.309 e. The van der Waals surface area contributed by atoms with Gasteiger partial charge in [0.05, 0.1) is 19.6 Å². The second-order valence-electron chi connectivity index (χ2n) is 18.4. The number of amides is 4. The van der Waals surface area contributed by atoms with Gasteiger partial charge in [0, 0.05) is 19.8 Å². The molecule has 1 saturated heterocycles. The number of nitrogens with one attached hydrogen (secondary N) is 3. The van der Waals surface area contributed by atoms with Crippen molar-refractivity contribution in [2.75, 3.05) is 13.7 Å². The Bertz CT molecular complexity index is 1460. The van der Waals surface area contributed by atoms with Crippen molar-refractivity contribution in [2.45, 2.75) is 262 Å². The molecule has 6 N–H and O–H groups in total. The van der Waals surface area contributed by atoms with E-state index in [1.54, 1.807) is 0 Å². The Balaban J connectivity index is 2.87. The first-order valence-electron chi connectivity index (χ1n) is 25.8. The zero-order valence-electron chi connectivity index (χ0n) is 42.4. The average molecular weight is 987 g/mol. The Morgan fingerprint density at radius 3 is 1.69 bits per heavy atom.